The fourth-order valence-corrected chi connectivity index (χ4v) is 4.35. The van der Waals surface area contributed by atoms with Crippen LogP contribution in [-0.2, 0) is 16.4 Å². The maximum Gasteiger partial charge on any atom is 0.193 e. The van der Waals surface area contributed by atoms with E-state index in [2.05, 4.69) is 10.3 Å². The summed E-state index contributed by atoms with van der Waals surface area (Å²) in [6.45, 7) is 8.69. The van der Waals surface area contributed by atoms with Crippen molar-refractivity contribution in [3.05, 3.63) is 28.8 Å². The molecule has 1 aromatic carbocycles. The summed E-state index contributed by atoms with van der Waals surface area (Å²) in [5.74, 6) is 1.16. The predicted octanol–water partition coefficient (Wildman–Crippen LogP) is 1.59. The van der Waals surface area contributed by atoms with Gasteiger partial charge in [0, 0.05) is 26.7 Å². The molecule has 1 heterocycles. The number of nitrogens with zero attached hydrogens (tertiary/aromatic N) is 2. The summed E-state index contributed by atoms with van der Waals surface area (Å²) in [6.07, 6.45) is 0. The highest BCUT2D eigenvalue weighted by Gasteiger charge is 2.40. The Kier molecular flexibility index (Phi) is 5.13. The van der Waals surface area contributed by atoms with Crippen LogP contribution in [0.4, 0.5) is 0 Å². The molecule has 6 nitrogen and oxygen atoms in total. The van der Waals surface area contributed by atoms with Crippen molar-refractivity contribution in [1.82, 2.24) is 10.2 Å². The molecular weight excluding hydrogens is 326 g/mol. The van der Waals surface area contributed by atoms with Crippen LogP contribution in [0.5, 0.6) is 5.75 Å². The fraction of sp³-hybridized carbons (Fsp3) is 0.588. The van der Waals surface area contributed by atoms with E-state index in [4.69, 9.17) is 0 Å². The van der Waals surface area contributed by atoms with Crippen molar-refractivity contribution < 1.29 is 13.5 Å². The molecule has 0 unspecified atom stereocenters. The molecule has 0 aromatic heterocycles. The van der Waals surface area contributed by atoms with E-state index in [-0.39, 0.29) is 5.75 Å². The van der Waals surface area contributed by atoms with Gasteiger partial charge in [-0.05, 0) is 44.4 Å². The first-order valence-corrected chi connectivity index (χ1v) is 9.69. The predicted molar refractivity (Wildman–Crippen MR) is 97.2 cm³/mol. The van der Waals surface area contributed by atoms with E-state index < -0.39 is 14.6 Å². The smallest absolute Gasteiger partial charge is 0.193 e. The summed E-state index contributed by atoms with van der Waals surface area (Å²) < 4.78 is 23.5. The first-order valence-electron chi connectivity index (χ1n) is 8.04. The minimum atomic E-state index is -3.07. The van der Waals surface area contributed by atoms with E-state index in [0.29, 0.717) is 31.3 Å². The molecule has 0 spiro atoms. The minimum absolute atomic E-state index is 0.137. The lowest BCUT2D eigenvalue weighted by Crippen LogP contribution is -2.57. The van der Waals surface area contributed by atoms with Crippen molar-refractivity contribution in [1.29, 1.82) is 0 Å². The summed E-state index contributed by atoms with van der Waals surface area (Å²) in [5, 5.41) is 13.1. The first kappa shape index (κ1) is 18.6. The zero-order valence-electron chi connectivity index (χ0n) is 15.0. The number of hydrogen-bond donors (Lipinski definition) is 2. The van der Waals surface area contributed by atoms with E-state index in [0.717, 1.165) is 16.7 Å². The van der Waals surface area contributed by atoms with E-state index in [1.165, 1.54) is 0 Å². The van der Waals surface area contributed by atoms with Crippen LogP contribution in [0.3, 0.4) is 0 Å². The lowest BCUT2D eigenvalue weighted by atomic mass is 10.1. The van der Waals surface area contributed by atoms with Gasteiger partial charge in [0.05, 0.1) is 10.5 Å². The van der Waals surface area contributed by atoms with Gasteiger partial charge in [-0.3, -0.25) is 4.99 Å². The molecule has 0 atom stereocenters. The van der Waals surface area contributed by atoms with Gasteiger partial charge in [0.2, 0.25) is 0 Å². The average Bonchev–Trinajstić information content (AvgIpc) is 2.48. The summed E-state index contributed by atoms with van der Waals surface area (Å²) in [5.41, 5.74) is 2.73. The Hall–Kier alpha value is -1.76. The summed E-state index contributed by atoms with van der Waals surface area (Å²) in [7, 11) is -1.37. The Morgan fingerprint density at radius 2 is 1.92 bits per heavy atom. The summed E-state index contributed by atoms with van der Waals surface area (Å²) in [6, 6.07) is 3.88. The number of aromatic hydroxyl groups is 1. The van der Waals surface area contributed by atoms with Crippen molar-refractivity contribution in [2.45, 2.75) is 39.0 Å². The molecule has 0 aliphatic carbocycles. The van der Waals surface area contributed by atoms with E-state index in [1.807, 2.05) is 30.9 Å². The number of nitrogens with one attached hydrogen (secondary N) is 1. The lowest BCUT2D eigenvalue weighted by molar-refractivity contribution is 0.353. The molecule has 0 saturated carbocycles. The van der Waals surface area contributed by atoms with Crippen LogP contribution in [0.25, 0.3) is 0 Å². The Balaban J connectivity index is 2.09. The number of rotatable bonds is 2. The van der Waals surface area contributed by atoms with Crippen molar-refractivity contribution in [3.8, 4) is 5.75 Å². The van der Waals surface area contributed by atoms with Crippen molar-refractivity contribution in [2.75, 3.05) is 25.9 Å². The van der Waals surface area contributed by atoms with Crippen LogP contribution < -0.4 is 5.32 Å². The highest BCUT2D eigenvalue weighted by Crippen LogP contribution is 2.24. The van der Waals surface area contributed by atoms with Gasteiger partial charge >= 0.3 is 0 Å². The Bertz CT molecular complexity index is 731. The van der Waals surface area contributed by atoms with Gasteiger partial charge in [0.1, 0.15) is 5.75 Å². The number of phenols is 1. The van der Waals surface area contributed by atoms with Gasteiger partial charge in [-0.25, -0.2) is 8.42 Å². The molecule has 0 radical (unpaired) electrons. The summed E-state index contributed by atoms with van der Waals surface area (Å²) in [4.78, 5) is 6.28. The maximum absolute atomic E-state index is 12.1. The van der Waals surface area contributed by atoms with Gasteiger partial charge < -0.3 is 15.3 Å². The Morgan fingerprint density at radius 1 is 1.33 bits per heavy atom. The van der Waals surface area contributed by atoms with E-state index >= 15 is 0 Å². The van der Waals surface area contributed by atoms with Gasteiger partial charge in [0.15, 0.2) is 15.8 Å². The Labute approximate surface area is 144 Å². The van der Waals surface area contributed by atoms with Crippen molar-refractivity contribution in [3.63, 3.8) is 0 Å². The van der Waals surface area contributed by atoms with Gasteiger partial charge in [0.25, 0.3) is 0 Å². The average molecular weight is 353 g/mol. The Morgan fingerprint density at radius 3 is 2.42 bits per heavy atom. The van der Waals surface area contributed by atoms with Crippen LogP contribution in [0.15, 0.2) is 17.1 Å². The maximum atomic E-state index is 12.1. The molecule has 1 saturated heterocycles. The third-order valence-corrected chi connectivity index (χ3v) is 7.09. The molecule has 7 heteroatoms. The second kappa shape index (κ2) is 6.63. The number of sulfone groups is 1. The second-order valence-corrected chi connectivity index (χ2v) is 9.72. The van der Waals surface area contributed by atoms with Crippen LogP contribution in [-0.4, -0.2) is 55.0 Å². The van der Waals surface area contributed by atoms with Crippen LogP contribution >= 0.6 is 0 Å². The quantitative estimate of drug-likeness (QED) is 0.623. The van der Waals surface area contributed by atoms with Gasteiger partial charge in [-0.2, -0.15) is 0 Å². The van der Waals surface area contributed by atoms with Crippen LogP contribution in [0, 0.1) is 13.8 Å². The highest BCUT2D eigenvalue weighted by molar-refractivity contribution is 7.92. The lowest BCUT2D eigenvalue weighted by Gasteiger charge is -2.39. The van der Waals surface area contributed by atoms with Crippen LogP contribution in [0.1, 0.15) is 30.5 Å². The molecule has 24 heavy (non-hydrogen) atoms. The number of aliphatic imine (C=N–C) groups is 1. The molecule has 0 amide bonds. The SMILES string of the molecule is CN=C(NCc1cc(C)c(O)c(C)c1)N1CCS(=O)(=O)C(C)(C)C1. The second-order valence-electron chi connectivity index (χ2n) is 6.98. The molecule has 1 fully saturated rings. The van der Waals surface area contributed by atoms with Crippen molar-refractivity contribution in [2.24, 2.45) is 4.99 Å². The fourth-order valence-electron chi connectivity index (χ4n) is 2.99. The first-order chi connectivity index (χ1) is 11.1. The van der Waals surface area contributed by atoms with E-state index in [9.17, 15) is 13.5 Å². The number of hydrogen-bond acceptors (Lipinski definition) is 4. The zero-order chi connectivity index (χ0) is 18.1. The molecule has 134 valence electrons. The zero-order valence-corrected chi connectivity index (χ0v) is 15.9. The van der Waals surface area contributed by atoms with Gasteiger partial charge in [-0.15, -0.1) is 0 Å². The molecular formula is C17H27N3O3S. The highest BCUT2D eigenvalue weighted by atomic mass is 32.2. The topological polar surface area (TPSA) is 82.0 Å². The number of phenolic OH excluding ortho intramolecular Hbond substituents is 1. The van der Waals surface area contributed by atoms with E-state index in [1.54, 1.807) is 20.9 Å². The number of guanidine groups is 1. The molecule has 1 aliphatic rings. The largest absolute Gasteiger partial charge is 0.507 e. The third-order valence-electron chi connectivity index (χ3n) is 4.56. The molecule has 1 aliphatic heterocycles. The normalized spacial score (nSPS) is 20.0. The molecule has 0 bridgehead atoms. The molecule has 2 N–H and O–H groups in total. The van der Waals surface area contributed by atoms with Gasteiger partial charge in [-0.1, -0.05) is 12.1 Å². The minimum Gasteiger partial charge on any atom is -0.507 e. The monoisotopic (exact) mass is 353 g/mol. The van der Waals surface area contributed by atoms with Crippen LogP contribution in [0.2, 0.25) is 0 Å². The number of aryl methyl sites for hydroxylation is 2. The molecule has 2 rings (SSSR count). The molecule has 1 aromatic rings. The summed E-state index contributed by atoms with van der Waals surface area (Å²) >= 11 is 0. The van der Waals surface area contributed by atoms with Crippen molar-refractivity contribution >= 4 is 15.8 Å². The standard InChI is InChI=1S/C17H27N3O3S/c1-12-8-14(9-13(2)15(12)21)10-19-16(18-5)20-6-7-24(22,23)17(3,4)11-20/h8-9,21H,6-7,10-11H2,1-5H3,(H,18,19). The number of benzene rings is 1. The third kappa shape index (κ3) is 3.66.